The van der Waals surface area contributed by atoms with E-state index in [9.17, 15) is 14.2 Å². The molecule has 8 nitrogen and oxygen atoms in total. The monoisotopic (exact) mass is 344 g/mol. The zero-order valence-corrected chi connectivity index (χ0v) is 14.3. The minimum atomic E-state index is -3.25. The van der Waals surface area contributed by atoms with E-state index in [0.29, 0.717) is 17.7 Å². The van der Waals surface area contributed by atoms with E-state index in [1.807, 2.05) is 0 Å². The van der Waals surface area contributed by atoms with Crippen LogP contribution >= 0.6 is 7.60 Å². The molecule has 1 N–H and O–H groups in total. The molecule has 1 aromatic rings. The van der Waals surface area contributed by atoms with Crippen molar-refractivity contribution >= 4 is 7.60 Å². The lowest BCUT2D eigenvalue weighted by Gasteiger charge is -2.19. The van der Waals surface area contributed by atoms with E-state index in [2.05, 4.69) is 4.98 Å². The van der Waals surface area contributed by atoms with Gasteiger partial charge >= 0.3 is 13.3 Å². The van der Waals surface area contributed by atoms with Gasteiger partial charge in [0.05, 0.1) is 13.2 Å². The molecule has 0 aromatic carbocycles. The number of hydrogen-bond acceptors (Lipinski definition) is 6. The van der Waals surface area contributed by atoms with Crippen LogP contribution in [-0.4, -0.2) is 28.9 Å². The fourth-order valence-corrected chi connectivity index (χ4v) is 3.92. The van der Waals surface area contributed by atoms with Crippen molar-refractivity contribution in [1.29, 1.82) is 0 Å². The number of ether oxygens (including phenoxy) is 1. The van der Waals surface area contributed by atoms with Crippen LogP contribution in [0.2, 0.25) is 0 Å². The van der Waals surface area contributed by atoms with Crippen molar-refractivity contribution in [3.63, 3.8) is 0 Å². The molecule has 1 atom stereocenters. The van der Waals surface area contributed by atoms with E-state index in [4.69, 9.17) is 13.8 Å². The molecule has 0 spiro atoms. The van der Waals surface area contributed by atoms with E-state index < -0.39 is 25.1 Å². The van der Waals surface area contributed by atoms with E-state index >= 15 is 0 Å². The average Bonchev–Trinajstić information content (AvgIpc) is 2.91. The maximum atomic E-state index is 12.5. The number of aryl methyl sites for hydroxylation is 1. The molecule has 0 amide bonds. The standard InChI is InChI=1S/C14H21N2O6P/c1-4-20-23(19,21-5-2)9-11-6-7-12(22-11)16-8-10(3)13(17)15-14(16)18/h6,8,12H,4-5,7,9H2,1-3H3,(H,15,17,18)/t12-/m1/s1. The molecule has 1 aromatic heterocycles. The lowest BCUT2D eigenvalue weighted by Crippen LogP contribution is -2.33. The maximum absolute atomic E-state index is 12.5. The highest BCUT2D eigenvalue weighted by Gasteiger charge is 2.30. The molecule has 0 radical (unpaired) electrons. The molecular weight excluding hydrogens is 323 g/mol. The Morgan fingerprint density at radius 3 is 2.61 bits per heavy atom. The molecule has 9 heteroatoms. The van der Waals surface area contributed by atoms with Gasteiger partial charge in [0.2, 0.25) is 0 Å². The van der Waals surface area contributed by atoms with Gasteiger partial charge in [-0.3, -0.25) is 18.9 Å². The zero-order valence-electron chi connectivity index (χ0n) is 13.4. The minimum Gasteiger partial charge on any atom is -0.474 e. The van der Waals surface area contributed by atoms with E-state index in [0.717, 1.165) is 0 Å². The lowest BCUT2D eigenvalue weighted by molar-refractivity contribution is 0.0775. The molecule has 0 fully saturated rings. The van der Waals surface area contributed by atoms with Crippen LogP contribution < -0.4 is 11.2 Å². The molecule has 23 heavy (non-hydrogen) atoms. The molecule has 0 aliphatic carbocycles. The summed E-state index contributed by atoms with van der Waals surface area (Å²) in [5, 5.41) is 0. The number of nitrogens with one attached hydrogen (secondary N) is 1. The first-order chi connectivity index (χ1) is 10.9. The van der Waals surface area contributed by atoms with E-state index in [1.54, 1.807) is 26.8 Å². The van der Waals surface area contributed by atoms with Crippen molar-refractivity contribution < 1.29 is 18.3 Å². The summed E-state index contributed by atoms with van der Waals surface area (Å²) >= 11 is 0. The molecule has 1 aliphatic heterocycles. The highest BCUT2D eigenvalue weighted by Crippen LogP contribution is 2.50. The predicted molar refractivity (Wildman–Crippen MR) is 84.6 cm³/mol. The van der Waals surface area contributed by atoms with E-state index in [-0.39, 0.29) is 19.4 Å². The fourth-order valence-electron chi connectivity index (χ4n) is 2.29. The molecule has 0 saturated carbocycles. The van der Waals surface area contributed by atoms with Crippen LogP contribution in [0, 0.1) is 6.92 Å². The molecule has 128 valence electrons. The van der Waals surface area contributed by atoms with Gasteiger partial charge < -0.3 is 13.8 Å². The molecule has 0 saturated heterocycles. The number of H-pyrrole nitrogens is 1. The Balaban J connectivity index is 2.12. The summed E-state index contributed by atoms with van der Waals surface area (Å²) < 4.78 is 29.9. The van der Waals surface area contributed by atoms with Crippen molar-refractivity contribution in [2.45, 2.75) is 33.4 Å². The van der Waals surface area contributed by atoms with Gasteiger partial charge in [-0.25, -0.2) is 4.79 Å². The van der Waals surface area contributed by atoms with Gasteiger partial charge in [-0.2, -0.15) is 0 Å². The normalized spacial score (nSPS) is 17.9. The second-order valence-electron chi connectivity index (χ2n) is 5.06. The highest BCUT2D eigenvalue weighted by molar-refractivity contribution is 7.54. The third kappa shape index (κ3) is 4.22. The van der Waals surface area contributed by atoms with Crippen LogP contribution in [0.4, 0.5) is 0 Å². The third-order valence-electron chi connectivity index (χ3n) is 3.29. The first-order valence-corrected chi connectivity index (χ1v) is 9.17. The molecular formula is C14H21N2O6P. The molecule has 2 heterocycles. The maximum Gasteiger partial charge on any atom is 0.338 e. The second-order valence-corrected chi connectivity index (χ2v) is 7.12. The first-order valence-electron chi connectivity index (χ1n) is 7.44. The van der Waals surface area contributed by atoms with Gasteiger partial charge in [0.15, 0.2) is 6.23 Å². The molecule has 0 unspecified atom stereocenters. The van der Waals surface area contributed by atoms with Crippen molar-refractivity contribution in [3.05, 3.63) is 44.4 Å². The Morgan fingerprint density at radius 2 is 2.00 bits per heavy atom. The minimum absolute atomic E-state index is 0.0161. The second kappa shape index (κ2) is 7.29. The largest absolute Gasteiger partial charge is 0.474 e. The summed E-state index contributed by atoms with van der Waals surface area (Å²) in [7, 11) is -3.25. The number of rotatable bonds is 7. The fraction of sp³-hybridized carbons (Fsp3) is 0.571. The lowest BCUT2D eigenvalue weighted by atomic mass is 10.3. The van der Waals surface area contributed by atoms with Crippen molar-refractivity contribution in [3.8, 4) is 0 Å². The topological polar surface area (TPSA) is 99.6 Å². The van der Waals surface area contributed by atoms with Gasteiger partial charge in [0.25, 0.3) is 5.56 Å². The van der Waals surface area contributed by atoms with Crippen molar-refractivity contribution in [2.24, 2.45) is 0 Å². The quantitative estimate of drug-likeness (QED) is 0.759. The van der Waals surface area contributed by atoms with E-state index in [1.165, 1.54) is 10.8 Å². The van der Waals surface area contributed by atoms with Crippen molar-refractivity contribution in [2.75, 3.05) is 19.4 Å². The Bertz CT molecular complexity index is 740. The van der Waals surface area contributed by atoms with Gasteiger partial charge in [-0.1, -0.05) is 0 Å². The summed E-state index contributed by atoms with van der Waals surface area (Å²) in [5.74, 6) is 0.455. The highest BCUT2D eigenvalue weighted by atomic mass is 31.2. The summed E-state index contributed by atoms with van der Waals surface area (Å²) in [6, 6.07) is 0. The van der Waals surface area contributed by atoms with Crippen LogP contribution in [0.25, 0.3) is 0 Å². The Kier molecular flexibility index (Phi) is 5.62. The number of allylic oxidation sites excluding steroid dienone is 1. The summed E-state index contributed by atoms with van der Waals surface area (Å²) in [4.78, 5) is 25.5. The zero-order chi connectivity index (χ0) is 17.0. The first kappa shape index (κ1) is 17.7. The van der Waals surface area contributed by atoms with Crippen LogP contribution in [0.1, 0.15) is 32.1 Å². The number of aromatic amines is 1. The van der Waals surface area contributed by atoms with Gasteiger partial charge in [0, 0.05) is 18.2 Å². The van der Waals surface area contributed by atoms with Crippen molar-refractivity contribution in [1.82, 2.24) is 9.55 Å². The number of aromatic nitrogens is 2. The van der Waals surface area contributed by atoms with Crippen LogP contribution in [-0.2, 0) is 18.3 Å². The summed E-state index contributed by atoms with van der Waals surface area (Å²) in [6.45, 7) is 5.62. The smallest absolute Gasteiger partial charge is 0.338 e. The molecule has 0 bridgehead atoms. The van der Waals surface area contributed by atoms with Gasteiger partial charge in [0.1, 0.15) is 11.9 Å². The van der Waals surface area contributed by atoms with Gasteiger partial charge in [-0.15, -0.1) is 0 Å². The molecule has 1 aliphatic rings. The van der Waals surface area contributed by atoms with Crippen LogP contribution in [0.15, 0.2) is 27.6 Å². The number of nitrogens with zero attached hydrogens (tertiary/aromatic N) is 1. The van der Waals surface area contributed by atoms with Crippen LogP contribution in [0.3, 0.4) is 0 Å². The Morgan fingerprint density at radius 1 is 1.35 bits per heavy atom. The van der Waals surface area contributed by atoms with Crippen LogP contribution in [0.5, 0.6) is 0 Å². The summed E-state index contributed by atoms with van der Waals surface area (Å²) in [5.41, 5.74) is -0.552. The average molecular weight is 344 g/mol. The Labute approximate surface area is 133 Å². The van der Waals surface area contributed by atoms with Gasteiger partial charge in [-0.05, 0) is 26.8 Å². The summed E-state index contributed by atoms with van der Waals surface area (Å²) in [6.07, 6.45) is 3.07. The predicted octanol–water partition coefficient (Wildman–Crippen LogP) is 1.91. The Hall–Kier alpha value is -1.63. The SMILES string of the molecule is CCOP(=O)(CC1=CC[C@H](n2cc(C)c(=O)[nH]c2=O)O1)OCC. The number of hydrogen-bond donors (Lipinski definition) is 1. The molecule has 2 rings (SSSR count). The third-order valence-corrected chi connectivity index (χ3v) is 5.29.